The van der Waals surface area contributed by atoms with Gasteiger partial charge in [-0.05, 0) is 49.3 Å². The van der Waals surface area contributed by atoms with E-state index in [0.29, 0.717) is 11.4 Å². The summed E-state index contributed by atoms with van der Waals surface area (Å²) in [6, 6.07) is 5.41. The van der Waals surface area contributed by atoms with E-state index in [1.165, 1.54) is 0 Å². The summed E-state index contributed by atoms with van der Waals surface area (Å²) in [4.78, 5) is 12.5. The number of nitrogens with one attached hydrogen (secondary N) is 1. The molecule has 1 aromatic carbocycles. The Kier molecular flexibility index (Phi) is 3.13. The van der Waals surface area contributed by atoms with Crippen LogP contribution in [0.15, 0.2) is 22.7 Å². The Morgan fingerprint density at radius 1 is 1.23 bits per heavy atom. The van der Waals surface area contributed by atoms with Gasteiger partial charge in [0, 0.05) is 12.0 Å². The zero-order valence-corrected chi connectivity index (χ0v) is 12.3. The zero-order valence-electron chi connectivity index (χ0n) is 12.3. The van der Waals surface area contributed by atoms with E-state index in [0.717, 1.165) is 61.0 Å². The molecule has 22 heavy (non-hydrogen) atoms. The number of rotatable bonds is 2. The summed E-state index contributed by atoms with van der Waals surface area (Å²) in [5, 5.41) is 16.9. The Morgan fingerprint density at radius 2 is 2.09 bits per heavy atom. The van der Waals surface area contributed by atoms with Gasteiger partial charge in [-0.3, -0.25) is 4.79 Å². The molecule has 1 atom stereocenters. The van der Waals surface area contributed by atoms with Crippen LogP contribution in [0.1, 0.15) is 58.2 Å². The molecule has 0 bridgehead atoms. The van der Waals surface area contributed by atoms with Crippen molar-refractivity contribution in [1.29, 1.82) is 0 Å². The van der Waals surface area contributed by atoms with Crippen molar-refractivity contribution in [3.05, 3.63) is 46.3 Å². The van der Waals surface area contributed by atoms with E-state index in [1.807, 2.05) is 12.1 Å². The lowest BCUT2D eigenvalue weighted by molar-refractivity contribution is 0.0926. The fourth-order valence-electron chi connectivity index (χ4n) is 3.57. The van der Waals surface area contributed by atoms with Crippen LogP contribution in [0, 0.1) is 0 Å². The molecule has 1 heterocycles. The number of aromatic hydroxyl groups is 1. The van der Waals surface area contributed by atoms with Crippen LogP contribution >= 0.6 is 0 Å². The second-order valence-electron chi connectivity index (χ2n) is 6.05. The molecule has 0 spiro atoms. The van der Waals surface area contributed by atoms with Crippen LogP contribution in [0.25, 0.3) is 0 Å². The highest BCUT2D eigenvalue weighted by Crippen LogP contribution is 2.36. The predicted molar refractivity (Wildman–Crippen MR) is 79.8 cm³/mol. The van der Waals surface area contributed by atoms with Crippen molar-refractivity contribution in [2.24, 2.45) is 0 Å². The molecule has 2 aliphatic rings. The molecule has 2 aliphatic carbocycles. The van der Waals surface area contributed by atoms with E-state index in [-0.39, 0.29) is 11.9 Å². The Morgan fingerprint density at radius 3 is 3.00 bits per heavy atom. The minimum absolute atomic E-state index is 0.0643. The topological polar surface area (TPSA) is 75.4 Å². The molecule has 0 fully saturated rings. The average molecular weight is 298 g/mol. The molecule has 1 aromatic heterocycles. The maximum atomic E-state index is 12.5. The van der Waals surface area contributed by atoms with Crippen molar-refractivity contribution in [2.45, 2.75) is 44.6 Å². The summed E-state index contributed by atoms with van der Waals surface area (Å²) in [7, 11) is 0. The van der Waals surface area contributed by atoms with Crippen LogP contribution in [-0.2, 0) is 19.3 Å². The first-order valence-corrected chi connectivity index (χ1v) is 7.83. The van der Waals surface area contributed by atoms with Gasteiger partial charge in [-0.1, -0.05) is 17.3 Å². The van der Waals surface area contributed by atoms with Crippen LogP contribution in [0.5, 0.6) is 5.75 Å². The first-order valence-electron chi connectivity index (χ1n) is 7.83. The lowest BCUT2D eigenvalue weighted by atomic mass is 9.96. The number of benzene rings is 1. The van der Waals surface area contributed by atoms with Crippen molar-refractivity contribution in [2.75, 3.05) is 0 Å². The molecular formula is C17H18N2O3. The first-order chi connectivity index (χ1) is 10.7. The molecule has 114 valence electrons. The van der Waals surface area contributed by atoms with Gasteiger partial charge in [0.1, 0.15) is 11.5 Å². The third-order valence-corrected chi connectivity index (χ3v) is 4.72. The van der Waals surface area contributed by atoms with E-state index < -0.39 is 0 Å². The van der Waals surface area contributed by atoms with Crippen molar-refractivity contribution in [3.8, 4) is 5.75 Å². The Bertz CT molecular complexity index is 736. The van der Waals surface area contributed by atoms with Gasteiger partial charge in [0.15, 0.2) is 5.69 Å². The largest absolute Gasteiger partial charge is 0.508 e. The fourth-order valence-corrected chi connectivity index (χ4v) is 3.57. The predicted octanol–water partition coefficient (Wildman–Crippen LogP) is 2.68. The summed E-state index contributed by atoms with van der Waals surface area (Å²) >= 11 is 0. The fraction of sp³-hybridized carbons (Fsp3) is 0.412. The molecule has 2 aromatic rings. The third kappa shape index (κ3) is 2.08. The van der Waals surface area contributed by atoms with E-state index >= 15 is 0 Å². The second kappa shape index (κ2) is 5.16. The maximum Gasteiger partial charge on any atom is 0.274 e. The van der Waals surface area contributed by atoms with Crippen molar-refractivity contribution >= 4 is 5.91 Å². The lowest BCUT2D eigenvalue weighted by Crippen LogP contribution is -2.28. The van der Waals surface area contributed by atoms with Gasteiger partial charge in [-0.25, -0.2) is 0 Å². The number of hydrogen-bond acceptors (Lipinski definition) is 4. The Hall–Kier alpha value is -2.30. The summed E-state index contributed by atoms with van der Waals surface area (Å²) in [5.74, 6) is 1.00. The minimum atomic E-state index is -0.173. The van der Waals surface area contributed by atoms with Crippen LogP contribution in [0.2, 0.25) is 0 Å². The SMILES string of the molecule is O=C(NC1CCc2c(O)cccc21)c1noc2c1CCCC2. The highest BCUT2D eigenvalue weighted by Gasteiger charge is 2.29. The van der Waals surface area contributed by atoms with E-state index in [4.69, 9.17) is 4.52 Å². The maximum absolute atomic E-state index is 12.5. The molecule has 2 N–H and O–H groups in total. The second-order valence-corrected chi connectivity index (χ2v) is 6.05. The van der Waals surface area contributed by atoms with Crippen molar-refractivity contribution < 1.29 is 14.4 Å². The highest BCUT2D eigenvalue weighted by molar-refractivity contribution is 5.94. The molecule has 4 rings (SSSR count). The van der Waals surface area contributed by atoms with Crippen LogP contribution in [0.3, 0.4) is 0 Å². The summed E-state index contributed by atoms with van der Waals surface area (Å²) in [6.07, 6.45) is 5.50. The third-order valence-electron chi connectivity index (χ3n) is 4.72. The van der Waals surface area contributed by atoms with Gasteiger partial charge in [-0.2, -0.15) is 0 Å². The van der Waals surface area contributed by atoms with Gasteiger partial charge >= 0.3 is 0 Å². The van der Waals surface area contributed by atoms with Gasteiger partial charge < -0.3 is 14.9 Å². The molecule has 0 aliphatic heterocycles. The molecule has 0 saturated carbocycles. The van der Waals surface area contributed by atoms with Gasteiger partial charge in [0.05, 0.1) is 6.04 Å². The number of carbonyl (C=O) groups excluding carboxylic acids is 1. The number of hydrogen-bond donors (Lipinski definition) is 2. The molecule has 1 unspecified atom stereocenters. The molecule has 1 amide bonds. The standard InChI is InChI=1S/C17H18N2O3/c20-14-6-3-5-10-11(14)8-9-13(10)18-17(21)16-12-4-1-2-7-15(12)22-19-16/h3,5-6,13,20H,1-2,4,7-9H2,(H,18,21). The highest BCUT2D eigenvalue weighted by atomic mass is 16.5. The average Bonchev–Trinajstić information content (AvgIpc) is 3.12. The summed E-state index contributed by atoms with van der Waals surface area (Å²) in [6.45, 7) is 0. The first kappa shape index (κ1) is 13.4. The van der Waals surface area contributed by atoms with E-state index in [1.54, 1.807) is 6.07 Å². The number of nitrogens with zero attached hydrogens (tertiary/aromatic N) is 1. The van der Waals surface area contributed by atoms with Gasteiger partial charge in [0.2, 0.25) is 0 Å². The normalized spacial score (nSPS) is 19.5. The van der Waals surface area contributed by atoms with Crippen LogP contribution < -0.4 is 5.32 Å². The molecule has 5 nitrogen and oxygen atoms in total. The van der Waals surface area contributed by atoms with Crippen molar-refractivity contribution in [3.63, 3.8) is 0 Å². The number of carbonyl (C=O) groups is 1. The lowest BCUT2D eigenvalue weighted by Gasteiger charge is -2.14. The number of phenols is 1. The number of aromatic nitrogens is 1. The number of phenolic OH excluding ortho intramolecular Hbond substituents is 1. The number of aryl methyl sites for hydroxylation is 1. The monoisotopic (exact) mass is 298 g/mol. The molecule has 5 heteroatoms. The minimum Gasteiger partial charge on any atom is -0.508 e. The quantitative estimate of drug-likeness (QED) is 0.894. The van der Waals surface area contributed by atoms with Crippen LogP contribution in [-0.4, -0.2) is 16.2 Å². The van der Waals surface area contributed by atoms with Gasteiger partial charge in [-0.15, -0.1) is 0 Å². The molecule has 0 radical (unpaired) electrons. The van der Waals surface area contributed by atoms with Crippen LogP contribution in [0.4, 0.5) is 0 Å². The van der Waals surface area contributed by atoms with E-state index in [2.05, 4.69) is 10.5 Å². The van der Waals surface area contributed by atoms with E-state index in [9.17, 15) is 9.90 Å². The number of amides is 1. The Balaban J connectivity index is 1.57. The molecule has 0 saturated heterocycles. The van der Waals surface area contributed by atoms with Gasteiger partial charge in [0.25, 0.3) is 5.91 Å². The summed E-state index contributed by atoms with van der Waals surface area (Å²) in [5.41, 5.74) is 3.35. The summed E-state index contributed by atoms with van der Waals surface area (Å²) < 4.78 is 5.31. The Labute approximate surface area is 128 Å². The number of fused-ring (bicyclic) bond motifs is 2. The van der Waals surface area contributed by atoms with Crippen molar-refractivity contribution in [1.82, 2.24) is 10.5 Å². The smallest absolute Gasteiger partial charge is 0.274 e. The zero-order chi connectivity index (χ0) is 15.1. The molecular weight excluding hydrogens is 280 g/mol.